The first-order valence-electron chi connectivity index (χ1n) is 5.70. The van der Waals surface area contributed by atoms with E-state index in [4.69, 9.17) is 5.73 Å². The Labute approximate surface area is 109 Å². The second-order valence-corrected chi connectivity index (χ2v) is 6.67. The van der Waals surface area contributed by atoms with Crippen LogP contribution in [0.15, 0.2) is 29.4 Å². The average Bonchev–Trinajstić information content (AvgIpc) is 2.35. The van der Waals surface area contributed by atoms with Gasteiger partial charge in [-0.05, 0) is 37.4 Å². The molecule has 8 heteroatoms. The van der Waals surface area contributed by atoms with Crippen molar-refractivity contribution in [3.63, 3.8) is 0 Å². The van der Waals surface area contributed by atoms with Crippen LogP contribution in [0, 0.1) is 5.92 Å². The SMILES string of the molecule is NCC1CC(O)(C(F)(F)S(=O)(=O)c2ccccn2)C1. The Morgan fingerprint density at radius 1 is 1.47 bits per heavy atom. The second kappa shape index (κ2) is 4.46. The predicted octanol–water partition coefficient (Wildman–Crippen LogP) is 0.548. The molecule has 0 saturated heterocycles. The van der Waals surface area contributed by atoms with Gasteiger partial charge in [-0.25, -0.2) is 13.4 Å². The Kier molecular flexibility index (Phi) is 3.36. The van der Waals surface area contributed by atoms with Crippen LogP contribution in [0.1, 0.15) is 12.8 Å². The molecule has 1 fully saturated rings. The van der Waals surface area contributed by atoms with Crippen molar-refractivity contribution in [2.45, 2.75) is 28.7 Å². The molecule has 0 aromatic carbocycles. The monoisotopic (exact) mass is 292 g/mol. The van der Waals surface area contributed by atoms with Gasteiger partial charge in [0.2, 0.25) is 0 Å². The zero-order valence-electron chi connectivity index (χ0n) is 9.96. The van der Waals surface area contributed by atoms with Crippen LogP contribution < -0.4 is 5.73 Å². The van der Waals surface area contributed by atoms with Crippen LogP contribution in [0.4, 0.5) is 8.78 Å². The highest BCUT2D eigenvalue weighted by atomic mass is 32.2. The van der Waals surface area contributed by atoms with E-state index in [2.05, 4.69) is 4.98 Å². The molecule has 0 unspecified atom stereocenters. The first-order chi connectivity index (χ1) is 8.74. The highest BCUT2D eigenvalue weighted by molar-refractivity contribution is 7.92. The number of sulfone groups is 1. The maximum atomic E-state index is 14.1. The third kappa shape index (κ3) is 2.03. The molecule has 0 atom stereocenters. The molecule has 1 aliphatic carbocycles. The Balaban J connectivity index is 2.35. The van der Waals surface area contributed by atoms with Crippen LogP contribution in [0.3, 0.4) is 0 Å². The summed E-state index contributed by atoms with van der Waals surface area (Å²) in [5.41, 5.74) is 2.74. The minimum atomic E-state index is -5.02. The number of alkyl halides is 2. The lowest BCUT2D eigenvalue weighted by Gasteiger charge is -2.46. The van der Waals surface area contributed by atoms with E-state index in [-0.39, 0.29) is 25.3 Å². The van der Waals surface area contributed by atoms with Gasteiger partial charge in [-0.15, -0.1) is 0 Å². The Morgan fingerprint density at radius 3 is 2.58 bits per heavy atom. The molecule has 0 amide bonds. The van der Waals surface area contributed by atoms with Crippen LogP contribution in [-0.2, 0) is 9.84 Å². The quantitative estimate of drug-likeness (QED) is 0.845. The summed E-state index contributed by atoms with van der Waals surface area (Å²) in [4.78, 5) is 3.42. The summed E-state index contributed by atoms with van der Waals surface area (Å²) in [5, 5.41) is 4.80. The van der Waals surface area contributed by atoms with Gasteiger partial charge in [0.25, 0.3) is 9.84 Å². The van der Waals surface area contributed by atoms with E-state index in [0.29, 0.717) is 0 Å². The summed E-state index contributed by atoms with van der Waals surface area (Å²) in [5.74, 6) is -0.283. The molecule has 0 bridgehead atoms. The number of halogens is 2. The van der Waals surface area contributed by atoms with E-state index in [1.807, 2.05) is 0 Å². The number of nitrogens with two attached hydrogens (primary N) is 1. The highest BCUT2D eigenvalue weighted by Gasteiger charge is 2.67. The van der Waals surface area contributed by atoms with Crippen molar-refractivity contribution in [1.29, 1.82) is 0 Å². The molecule has 1 aliphatic rings. The molecule has 0 spiro atoms. The molecule has 1 aromatic rings. The van der Waals surface area contributed by atoms with E-state index in [1.54, 1.807) is 0 Å². The molecule has 1 saturated carbocycles. The molecule has 2 rings (SSSR count). The van der Waals surface area contributed by atoms with Crippen LogP contribution in [0.2, 0.25) is 0 Å². The topological polar surface area (TPSA) is 93.3 Å². The third-order valence-corrected chi connectivity index (χ3v) is 5.23. The van der Waals surface area contributed by atoms with Crippen molar-refractivity contribution >= 4 is 9.84 Å². The number of aliphatic hydroxyl groups is 1. The Hall–Kier alpha value is -1.12. The van der Waals surface area contributed by atoms with E-state index in [0.717, 1.165) is 12.3 Å². The molecule has 5 nitrogen and oxygen atoms in total. The number of aromatic nitrogens is 1. The summed E-state index contributed by atoms with van der Waals surface area (Å²) in [7, 11) is -5.02. The molecule has 0 aliphatic heterocycles. The van der Waals surface area contributed by atoms with Crippen molar-refractivity contribution in [3.8, 4) is 0 Å². The van der Waals surface area contributed by atoms with Crippen molar-refractivity contribution in [1.82, 2.24) is 4.98 Å². The van der Waals surface area contributed by atoms with Crippen LogP contribution in [-0.4, -0.2) is 35.9 Å². The fourth-order valence-corrected chi connectivity index (χ4v) is 3.57. The number of hydrogen-bond donors (Lipinski definition) is 2. The minimum absolute atomic E-state index is 0.141. The second-order valence-electron chi connectivity index (χ2n) is 4.73. The molecule has 1 heterocycles. The van der Waals surface area contributed by atoms with E-state index in [9.17, 15) is 22.3 Å². The number of nitrogens with zero attached hydrogens (tertiary/aromatic N) is 1. The third-order valence-electron chi connectivity index (χ3n) is 3.38. The van der Waals surface area contributed by atoms with Gasteiger partial charge in [0.15, 0.2) is 5.03 Å². The summed E-state index contributed by atoms with van der Waals surface area (Å²) in [6.07, 6.45) is 0.446. The Morgan fingerprint density at radius 2 is 2.11 bits per heavy atom. The number of pyridine rings is 1. The summed E-state index contributed by atoms with van der Waals surface area (Å²) in [6.45, 7) is 0.141. The maximum absolute atomic E-state index is 14.1. The zero-order valence-corrected chi connectivity index (χ0v) is 10.8. The highest BCUT2D eigenvalue weighted by Crippen LogP contribution is 2.51. The lowest BCUT2D eigenvalue weighted by molar-refractivity contribution is -0.189. The number of hydrogen-bond acceptors (Lipinski definition) is 5. The van der Waals surface area contributed by atoms with Crippen LogP contribution >= 0.6 is 0 Å². The van der Waals surface area contributed by atoms with Gasteiger partial charge in [-0.1, -0.05) is 6.07 Å². The molecular formula is C11H14F2N2O3S. The van der Waals surface area contributed by atoms with Crippen molar-refractivity contribution in [2.75, 3.05) is 6.54 Å². The van der Waals surface area contributed by atoms with Gasteiger partial charge < -0.3 is 10.8 Å². The van der Waals surface area contributed by atoms with E-state index >= 15 is 0 Å². The van der Waals surface area contributed by atoms with Crippen molar-refractivity contribution in [3.05, 3.63) is 24.4 Å². The first kappa shape index (κ1) is 14.3. The predicted molar refractivity (Wildman–Crippen MR) is 63.1 cm³/mol. The molecule has 106 valence electrons. The lowest BCUT2D eigenvalue weighted by Crippen LogP contribution is -2.61. The van der Waals surface area contributed by atoms with Crippen LogP contribution in [0.5, 0.6) is 0 Å². The van der Waals surface area contributed by atoms with Crippen molar-refractivity contribution in [2.24, 2.45) is 11.7 Å². The molecule has 0 radical (unpaired) electrons. The van der Waals surface area contributed by atoms with E-state index < -0.39 is 25.7 Å². The summed E-state index contributed by atoms with van der Waals surface area (Å²) < 4.78 is 52.0. The summed E-state index contributed by atoms with van der Waals surface area (Å²) in [6, 6.07) is 3.69. The van der Waals surface area contributed by atoms with Gasteiger partial charge in [0, 0.05) is 6.20 Å². The fourth-order valence-electron chi connectivity index (χ4n) is 2.19. The molecule has 3 N–H and O–H groups in total. The standard InChI is InChI=1S/C11H14F2N2O3S/c12-11(13,10(16)5-8(6-10)7-14)19(17,18)9-3-1-2-4-15-9/h1-4,8,16H,5-7,14H2. The largest absolute Gasteiger partial charge is 0.382 e. The van der Waals surface area contributed by atoms with Gasteiger partial charge in [-0.3, -0.25) is 0 Å². The maximum Gasteiger partial charge on any atom is 0.379 e. The molecule has 1 aromatic heterocycles. The number of rotatable bonds is 4. The summed E-state index contributed by atoms with van der Waals surface area (Å²) >= 11 is 0. The van der Waals surface area contributed by atoms with Crippen molar-refractivity contribution < 1.29 is 22.3 Å². The van der Waals surface area contributed by atoms with Gasteiger partial charge in [-0.2, -0.15) is 8.78 Å². The molecule has 19 heavy (non-hydrogen) atoms. The lowest BCUT2D eigenvalue weighted by atomic mass is 9.71. The smallest absolute Gasteiger partial charge is 0.379 e. The normalized spacial score (nSPS) is 27.9. The van der Waals surface area contributed by atoms with E-state index in [1.165, 1.54) is 12.1 Å². The first-order valence-corrected chi connectivity index (χ1v) is 7.19. The minimum Gasteiger partial charge on any atom is -0.382 e. The van der Waals surface area contributed by atoms with Gasteiger partial charge in [0.1, 0.15) is 5.60 Å². The molecular weight excluding hydrogens is 278 g/mol. The fraction of sp³-hybridized carbons (Fsp3) is 0.545. The van der Waals surface area contributed by atoms with Gasteiger partial charge in [0.05, 0.1) is 0 Å². The zero-order chi connectivity index (χ0) is 14.3. The average molecular weight is 292 g/mol. The van der Waals surface area contributed by atoms with Gasteiger partial charge >= 0.3 is 5.25 Å². The Bertz CT molecular complexity index is 557. The van der Waals surface area contributed by atoms with Crippen LogP contribution in [0.25, 0.3) is 0 Å².